The van der Waals surface area contributed by atoms with Crippen LogP contribution in [0, 0.1) is 0 Å². The highest BCUT2D eigenvalue weighted by molar-refractivity contribution is 6.42. The van der Waals surface area contributed by atoms with Crippen LogP contribution in [-0.2, 0) is 9.47 Å². The first-order valence-corrected chi connectivity index (χ1v) is 7.25. The molecule has 0 saturated heterocycles. The van der Waals surface area contributed by atoms with E-state index in [4.69, 9.17) is 32.7 Å². The average molecular weight is 331 g/mol. The van der Waals surface area contributed by atoms with Crippen LogP contribution in [0.15, 0.2) is 30.2 Å². The van der Waals surface area contributed by atoms with E-state index >= 15 is 0 Å². The lowest BCUT2D eigenvalue weighted by Gasteiger charge is -2.19. The van der Waals surface area contributed by atoms with E-state index in [1.54, 1.807) is 12.1 Å². The van der Waals surface area contributed by atoms with Crippen molar-refractivity contribution >= 4 is 29.2 Å². The van der Waals surface area contributed by atoms with Crippen molar-refractivity contribution in [2.75, 3.05) is 19.8 Å². The second-order valence-electron chi connectivity index (χ2n) is 4.50. The van der Waals surface area contributed by atoms with Gasteiger partial charge in [0.05, 0.1) is 22.6 Å². The van der Waals surface area contributed by atoms with Crippen LogP contribution in [0.4, 0.5) is 4.79 Å². The molecule has 1 aliphatic heterocycles. The number of carbonyl (C=O) groups is 1. The van der Waals surface area contributed by atoms with Crippen LogP contribution in [-0.4, -0.2) is 25.8 Å². The van der Waals surface area contributed by atoms with E-state index in [0.717, 1.165) is 5.56 Å². The molecule has 2 rings (SSSR count). The van der Waals surface area contributed by atoms with Crippen molar-refractivity contribution in [2.45, 2.75) is 13.0 Å². The Bertz CT molecular complexity index is 549. The zero-order chi connectivity index (χ0) is 15.2. The number of carbonyl (C=O) groups excluding carboxylic acids is 1. The number of rotatable bonds is 4. The molecule has 0 aliphatic carbocycles. The number of urea groups is 1. The molecule has 7 heteroatoms. The van der Waals surface area contributed by atoms with Crippen LogP contribution in [0.5, 0.6) is 0 Å². The number of benzene rings is 1. The Morgan fingerprint density at radius 1 is 1.38 bits per heavy atom. The van der Waals surface area contributed by atoms with Crippen LogP contribution in [0.1, 0.15) is 18.5 Å². The van der Waals surface area contributed by atoms with Gasteiger partial charge in [-0.1, -0.05) is 35.3 Å². The van der Waals surface area contributed by atoms with E-state index in [1.165, 1.54) is 6.26 Å². The van der Waals surface area contributed by atoms with Crippen molar-refractivity contribution in [3.63, 3.8) is 0 Å². The Morgan fingerprint density at radius 2 is 2.19 bits per heavy atom. The topological polar surface area (TPSA) is 59.6 Å². The molecular formula is C14H16Cl2N2O3. The van der Waals surface area contributed by atoms with Gasteiger partial charge in [0.1, 0.15) is 25.2 Å². The SMILES string of the molecule is CC(NC(=O)NCC1=COCCO1)c1cccc(Cl)c1Cl. The molecule has 1 aromatic carbocycles. The second-order valence-corrected chi connectivity index (χ2v) is 5.28. The molecule has 0 saturated carbocycles. The van der Waals surface area contributed by atoms with Crippen molar-refractivity contribution in [3.05, 3.63) is 45.8 Å². The van der Waals surface area contributed by atoms with Gasteiger partial charge in [-0.3, -0.25) is 0 Å². The van der Waals surface area contributed by atoms with Crippen LogP contribution in [0.2, 0.25) is 10.0 Å². The van der Waals surface area contributed by atoms with Crippen molar-refractivity contribution in [3.8, 4) is 0 Å². The van der Waals surface area contributed by atoms with Crippen LogP contribution < -0.4 is 10.6 Å². The maximum Gasteiger partial charge on any atom is 0.315 e. The van der Waals surface area contributed by atoms with Crippen LogP contribution in [0.25, 0.3) is 0 Å². The maximum absolute atomic E-state index is 11.8. The standard InChI is InChI=1S/C14H16Cl2N2O3/c1-9(11-3-2-4-12(15)13(11)16)18-14(19)17-7-10-8-20-5-6-21-10/h2-4,8-9H,5-7H2,1H3,(H2,17,18,19). The molecule has 1 aliphatic rings. The Hall–Kier alpha value is -1.59. The zero-order valence-electron chi connectivity index (χ0n) is 11.5. The molecule has 1 atom stereocenters. The molecule has 0 radical (unpaired) electrons. The summed E-state index contributed by atoms with van der Waals surface area (Å²) in [5.41, 5.74) is 0.760. The minimum atomic E-state index is -0.325. The molecule has 2 N–H and O–H groups in total. The van der Waals surface area contributed by atoms with Crippen molar-refractivity contribution < 1.29 is 14.3 Å². The third-order valence-electron chi connectivity index (χ3n) is 2.92. The molecule has 0 bridgehead atoms. The summed E-state index contributed by atoms with van der Waals surface area (Å²) < 4.78 is 10.4. The molecule has 1 unspecified atom stereocenters. The minimum Gasteiger partial charge on any atom is -0.494 e. The number of nitrogens with one attached hydrogen (secondary N) is 2. The average Bonchev–Trinajstić information content (AvgIpc) is 2.49. The summed E-state index contributed by atoms with van der Waals surface area (Å²) in [6, 6.07) is 4.71. The largest absolute Gasteiger partial charge is 0.494 e. The quantitative estimate of drug-likeness (QED) is 0.890. The van der Waals surface area contributed by atoms with Crippen molar-refractivity contribution in [1.29, 1.82) is 0 Å². The molecule has 0 spiro atoms. The van der Waals surface area contributed by atoms with Crippen LogP contribution in [0.3, 0.4) is 0 Å². The maximum atomic E-state index is 11.8. The highest BCUT2D eigenvalue weighted by Gasteiger charge is 2.14. The first-order chi connectivity index (χ1) is 10.1. The fourth-order valence-corrected chi connectivity index (χ4v) is 2.32. The van der Waals surface area contributed by atoms with Gasteiger partial charge in [0, 0.05) is 0 Å². The third-order valence-corrected chi connectivity index (χ3v) is 3.76. The van der Waals surface area contributed by atoms with Gasteiger partial charge in [-0.2, -0.15) is 0 Å². The molecule has 114 valence electrons. The van der Waals surface area contributed by atoms with Gasteiger partial charge in [0.2, 0.25) is 0 Å². The number of ether oxygens (including phenoxy) is 2. The fraction of sp³-hybridized carbons (Fsp3) is 0.357. The molecule has 5 nitrogen and oxygen atoms in total. The first kappa shape index (κ1) is 15.8. The normalized spacial score (nSPS) is 15.3. The Balaban J connectivity index is 1.87. The molecule has 21 heavy (non-hydrogen) atoms. The van der Waals surface area contributed by atoms with Gasteiger partial charge in [0.15, 0.2) is 0 Å². The fourth-order valence-electron chi connectivity index (χ4n) is 1.85. The van der Waals surface area contributed by atoms with Gasteiger partial charge in [-0.25, -0.2) is 4.79 Å². The summed E-state index contributed by atoms with van der Waals surface area (Å²) in [5.74, 6) is 0.588. The lowest BCUT2D eigenvalue weighted by atomic mass is 10.1. The first-order valence-electron chi connectivity index (χ1n) is 6.49. The summed E-state index contributed by atoms with van der Waals surface area (Å²) in [6.07, 6.45) is 1.50. The highest BCUT2D eigenvalue weighted by atomic mass is 35.5. The molecule has 1 aromatic rings. The van der Waals surface area contributed by atoms with E-state index in [0.29, 0.717) is 29.0 Å². The van der Waals surface area contributed by atoms with Crippen LogP contribution >= 0.6 is 23.2 Å². The van der Waals surface area contributed by atoms with Crippen molar-refractivity contribution in [2.24, 2.45) is 0 Å². The highest BCUT2D eigenvalue weighted by Crippen LogP contribution is 2.29. The predicted molar refractivity (Wildman–Crippen MR) is 81.4 cm³/mol. The van der Waals surface area contributed by atoms with E-state index in [1.807, 2.05) is 13.0 Å². The molecule has 0 fully saturated rings. The van der Waals surface area contributed by atoms with Gasteiger partial charge in [-0.05, 0) is 18.6 Å². The Morgan fingerprint density at radius 3 is 2.90 bits per heavy atom. The van der Waals surface area contributed by atoms with E-state index < -0.39 is 0 Å². The monoisotopic (exact) mass is 330 g/mol. The third kappa shape index (κ3) is 4.44. The number of hydrogen-bond acceptors (Lipinski definition) is 3. The second kappa shape index (κ2) is 7.43. The minimum absolute atomic E-state index is 0.266. The number of halogens is 2. The lowest BCUT2D eigenvalue weighted by Crippen LogP contribution is -2.38. The zero-order valence-corrected chi connectivity index (χ0v) is 13.0. The summed E-state index contributed by atoms with van der Waals surface area (Å²) in [5, 5.41) is 6.38. The lowest BCUT2D eigenvalue weighted by molar-refractivity contribution is 0.0816. The molecular weight excluding hydrogens is 315 g/mol. The molecule has 0 aromatic heterocycles. The van der Waals surface area contributed by atoms with Gasteiger partial charge in [-0.15, -0.1) is 0 Å². The summed E-state index contributed by atoms with van der Waals surface area (Å²) >= 11 is 12.1. The van der Waals surface area contributed by atoms with Crippen molar-refractivity contribution in [1.82, 2.24) is 10.6 Å². The number of amides is 2. The smallest absolute Gasteiger partial charge is 0.315 e. The van der Waals surface area contributed by atoms with E-state index in [-0.39, 0.29) is 18.6 Å². The summed E-state index contributed by atoms with van der Waals surface area (Å²) in [4.78, 5) is 11.8. The van der Waals surface area contributed by atoms with Gasteiger partial charge >= 0.3 is 6.03 Å². The van der Waals surface area contributed by atoms with E-state index in [2.05, 4.69) is 10.6 Å². The summed E-state index contributed by atoms with van der Waals surface area (Å²) in [6.45, 7) is 3.11. The molecule has 1 heterocycles. The number of hydrogen-bond donors (Lipinski definition) is 2. The van der Waals surface area contributed by atoms with E-state index in [9.17, 15) is 4.79 Å². The molecule has 2 amide bonds. The van der Waals surface area contributed by atoms with Gasteiger partial charge in [0.25, 0.3) is 0 Å². The Kier molecular flexibility index (Phi) is 5.59. The van der Waals surface area contributed by atoms with Gasteiger partial charge < -0.3 is 20.1 Å². The summed E-state index contributed by atoms with van der Waals surface area (Å²) in [7, 11) is 0. The Labute approximate surface area is 133 Å². The predicted octanol–water partition coefficient (Wildman–Crippen LogP) is 3.24.